The van der Waals surface area contributed by atoms with Crippen LogP contribution in [0.5, 0.6) is 5.75 Å². The predicted octanol–water partition coefficient (Wildman–Crippen LogP) is 4.48. The monoisotopic (exact) mass is 335 g/mol. The molecule has 0 radical (unpaired) electrons. The molecule has 0 bridgehead atoms. The van der Waals surface area contributed by atoms with Gasteiger partial charge in [0.2, 0.25) is 0 Å². The number of amides is 1. The highest BCUT2D eigenvalue weighted by atomic mass is 32.2. The number of nitrogens with zero attached hydrogens (tertiary/aromatic N) is 1. The largest absolute Gasteiger partial charge is 0.490 e. The summed E-state index contributed by atoms with van der Waals surface area (Å²) < 4.78 is 6.57. The number of rotatable bonds is 6. The molecule has 0 aromatic heterocycles. The lowest BCUT2D eigenvalue weighted by molar-refractivity contribution is -0.122. The van der Waals surface area contributed by atoms with Crippen molar-refractivity contribution in [2.75, 3.05) is 6.54 Å². The molecule has 1 aromatic carbocycles. The molecule has 1 atom stereocenters. The van der Waals surface area contributed by atoms with Gasteiger partial charge in [0.25, 0.3) is 5.91 Å². The zero-order valence-corrected chi connectivity index (χ0v) is 14.8. The van der Waals surface area contributed by atoms with Crippen molar-refractivity contribution in [1.82, 2.24) is 4.90 Å². The minimum atomic E-state index is -0.00445. The van der Waals surface area contributed by atoms with Gasteiger partial charge in [-0.25, -0.2) is 0 Å². The quantitative estimate of drug-likeness (QED) is 0.566. The van der Waals surface area contributed by atoms with Crippen molar-refractivity contribution in [2.45, 2.75) is 39.7 Å². The van der Waals surface area contributed by atoms with Crippen LogP contribution in [-0.2, 0) is 4.79 Å². The van der Waals surface area contributed by atoms with Crippen LogP contribution in [0.15, 0.2) is 29.2 Å². The molecule has 0 aliphatic carbocycles. The normalized spacial score (nSPS) is 18.1. The van der Waals surface area contributed by atoms with E-state index >= 15 is 0 Å². The standard InChI is InChI=1S/C17H21NO2S2/c1-4-10-18-16(19)15(22-17(18)21)11-13-8-6-7-9-14(13)20-12(3)5-2/h6-9,11-12H,4-5,10H2,1-3H3/b15-11-/t12-/m0/s1. The molecule has 2 rings (SSSR count). The summed E-state index contributed by atoms with van der Waals surface area (Å²) in [5.41, 5.74) is 0.916. The Hall–Kier alpha value is -1.33. The molecule has 1 amide bonds. The number of hydrogen-bond acceptors (Lipinski definition) is 4. The maximum atomic E-state index is 12.4. The highest BCUT2D eigenvalue weighted by Gasteiger charge is 2.31. The Bertz CT molecular complexity index is 598. The lowest BCUT2D eigenvalue weighted by Crippen LogP contribution is -2.28. The minimum Gasteiger partial charge on any atom is -0.490 e. The maximum absolute atomic E-state index is 12.4. The van der Waals surface area contributed by atoms with Crippen LogP contribution in [0.3, 0.4) is 0 Å². The van der Waals surface area contributed by atoms with Gasteiger partial charge in [0.05, 0.1) is 11.0 Å². The van der Waals surface area contributed by atoms with Gasteiger partial charge in [-0.15, -0.1) is 0 Å². The van der Waals surface area contributed by atoms with E-state index in [0.717, 1.165) is 24.2 Å². The summed E-state index contributed by atoms with van der Waals surface area (Å²) >= 11 is 6.66. The second-order valence-corrected chi connectivity index (χ2v) is 6.88. The molecule has 5 heteroatoms. The van der Waals surface area contributed by atoms with E-state index in [1.54, 1.807) is 4.90 Å². The van der Waals surface area contributed by atoms with E-state index < -0.39 is 0 Å². The van der Waals surface area contributed by atoms with E-state index in [1.165, 1.54) is 11.8 Å². The average molecular weight is 335 g/mol. The third kappa shape index (κ3) is 3.90. The number of ether oxygens (including phenoxy) is 1. The molecule has 3 nitrogen and oxygen atoms in total. The van der Waals surface area contributed by atoms with E-state index in [4.69, 9.17) is 17.0 Å². The first-order valence-corrected chi connectivity index (χ1v) is 8.80. The SMILES string of the molecule is CCCN1C(=O)/C(=C/c2ccccc2O[C@@H](C)CC)SC1=S. The summed E-state index contributed by atoms with van der Waals surface area (Å²) in [7, 11) is 0. The fourth-order valence-corrected chi connectivity index (χ4v) is 3.36. The van der Waals surface area contributed by atoms with Crippen LogP contribution in [-0.4, -0.2) is 27.8 Å². The number of thiocarbonyl (C=S) groups is 1. The molecule has 1 aliphatic rings. The molecule has 1 heterocycles. The highest BCUT2D eigenvalue weighted by Crippen LogP contribution is 2.34. The molecule has 0 N–H and O–H groups in total. The number of para-hydroxylation sites is 1. The molecule has 1 aliphatic heterocycles. The lowest BCUT2D eigenvalue weighted by Gasteiger charge is -2.15. The number of carbonyl (C=O) groups excluding carboxylic acids is 1. The second-order valence-electron chi connectivity index (χ2n) is 5.21. The van der Waals surface area contributed by atoms with Crippen molar-refractivity contribution in [2.24, 2.45) is 0 Å². The Balaban J connectivity index is 2.26. The molecule has 1 saturated heterocycles. The number of hydrogen-bond donors (Lipinski definition) is 0. The fourth-order valence-electron chi connectivity index (χ4n) is 2.06. The van der Waals surface area contributed by atoms with E-state index in [2.05, 4.69) is 6.92 Å². The van der Waals surface area contributed by atoms with Crippen LogP contribution < -0.4 is 4.74 Å². The zero-order chi connectivity index (χ0) is 16.1. The van der Waals surface area contributed by atoms with Crippen LogP contribution in [0.2, 0.25) is 0 Å². The summed E-state index contributed by atoms with van der Waals surface area (Å²) in [5, 5.41) is 0. The van der Waals surface area contributed by atoms with E-state index in [9.17, 15) is 4.79 Å². The predicted molar refractivity (Wildman–Crippen MR) is 97.0 cm³/mol. The summed E-state index contributed by atoms with van der Waals surface area (Å²) in [4.78, 5) is 14.7. The fraction of sp³-hybridized carbons (Fsp3) is 0.412. The van der Waals surface area contributed by atoms with E-state index in [1.807, 2.05) is 44.2 Å². The van der Waals surface area contributed by atoms with E-state index in [0.29, 0.717) is 15.8 Å². The molecule has 0 spiro atoms. The molecular weight excluding hydrogens is 314 g/mol. The summed E-state index contributed by atoms with van der Waals surface area (Å²) in [5.74, 6) is 0.799. The molecule has 22 heavy (non-hydrogen) atoms. The number of benzene rings is 1. The van der Waals surface area contributed by atoms with Gasteiger partial charge in [-0.3, -0.25) is 9.69 Å². The van der Waals surface area contributed by atoms with Gasteiger partial charge in [-0.2, -0.15) is 0 Å². The van der Waals surface area contributed by atoms with Gasteiger partial charge in [0.15, 0.2) is 0 Å². The Morgan fingerprint density at radius 2 is 2.09 bits per heavy atom. The van der Waals surface area contributed by atoms with Gasteiger partial charge < -0.3 is 4.74 Å². The molecular formula is C17H21NO2S2. The molecule has 0 saturated carbocycles. The topological polar surface area (TPSA) is 29.5 Å². The summed E-state index contributed by atoms with van der Waals surface area (Å²) in [6.07, 6.45) is 3.86. The van der Waals surface area contributed by atoms with Crippen molar-refractivity contribution >= 4 is 40.3 Å². The van der Waals surface area contributed by atoms with Crippen LogP contribution in [0, 0.1) is 0 Å². The van der Waals surface area contributed by atoms with E-state index in [-0.39, 0.29) is 12.0 Å². The van der Waals surface area contributed by atoms with Gasteiger partial charge in [0, 0.05) is 12.1 Å². The second kappa shape index (κ2) is 7.79. The molecule has 118 valence electrons. The lowest BCUT2D eigenvalue weighted by atomic mass is 10.1. The summed E-state index contributed by atoms with van der Waals surface area (Å²) in [6.45, 7) is 6.84. The summed E-state index contributed by atoms with van der Waals surface area (Å²) in [6, 6.07) is 7.79. The third-order valence-electron chi connectivity index (χ3n) is 3.43. The molecule has 1 fully saturated rings. The smallest absolute Gasteiger partial charge is 0.266 e. The first-order valence-electron chi connectivity index (χ1n) is 7.57. The van der Waals surface area contributed by atoms with Crippen LogP contribution in [0.25, 0.3) is 6.08 Å². The van der Waals surface area contributed by atoms with Crippen LogP contribution in [0.4, 0.5) is 0 Å². The maximum Gasteiger partial charge on any atom is 0.266 e. The van der Waals surface area contributed by atoms with Crippen molar-refractivity contribution in [3.63, 3.8) is 0 Å². The highest BCUT2D eigenvalue weighted by molar-refractivity contribution is 8.26. The van der Waals surface area contributed by atoms with Crippen LogP contribution >= 0.6 is 24.0 Å². The van der Waals surface area contributed by atoms with Crippen molar-refractivity contribution in [3.8, 4) is 5.75 Å². The Labute approximate surface area is 141 Å². The first kappa shape index (κ1) is 17.0. The number of thioether (sulfide) groups is 1. The number of carbonyl (C=O) groups is 1. The van der Waals surface area contributed by atoms with Gasteiger partial charge in [-0.05, 0) is 31.9 Å². The third-order valence-corrected chi connectivity index (χ3v) is 4.81. The zero-order valence-electron chi connectivity index (χ0n) is 13.2. The minimum absolute atomic E-state index is 0.00445. The van der Waals surface area contributed by atoms with Gasteiger partial charge in [0.1, 0.15) is 10.1 Å². The van der Waals surface area contributed by atoms with Crippen molar-refractivity contribution < 1.29 is 9.53 Å². The van der Waals surface area contributed by atoms with Crippen molar-refractivity contribution in [1.29, 1.82) is 0 Å². The first-order chi connectivity index (χ1) is 10.6. The average Bonchev–Trinajstić information content (AvgIpc) is 2.77. The Morgan fingerprint density at radius 3 is 2.77 bits per heavy atom. The molecule has 0 unspecified atom stereocenters. The van der Waals surface area contributed by atoms with Crippen LogP contribution in [0.1, 0.15) is 39.2 Å². The molecule has 1 aromatic rings. The Kier molecular flexibility index (Phi) is 6.03. The van der Waals surface area contributed by atoms with Gasteiger partial charge >= 0.3 is 0 Å². The van der Waals surface area contributed by atoms with Crippen molar-refractivity contribution in [3.05, 3.63) is 34.7 Å². The van der Waals surface area contributed by atoms with Gasteiger partial charge in [-0.1, -0.05) is 56.0 Å². The Morgan fingerprint density at radius 1 is 1.36 bits per heavy atom.